The zero-order valence-electron chi connectivity index (χ0n) is 16.1. The summed E-state index contributed by atoms with van der Waals surface area (Å²) in [5.74, 6) is -0.172. The van der Waals surface area contributed by atoms with Crippen molar-refractivity contribution in [1.82, 2.24) is 19.5 Å². The summed E-state index contributed by atoms with van der Waals surface area (Å²) in [6.45, 7) is 2.96. The molecule has 0 aliphatic heterocycles. The van der Waals surface area contributed by atoms with Crippen LogP contribution in [0.25, 0.3) is 11.2 Å². The number of anilines is 1. The highest BCUT2D eigenvalue weighted by Gasteiger charge is 2.14. The van der Waals surface area contributed by atoms with Gasteiger partial charge >= 0.3 is 17.7 Å². The van der Waals surface area contributed by atoms with Crippen molar-refractivity contribution < 1.29 is 19.4 Å². The van der Waals surface area contributed by atoms with Crippen molar-refractivity contribution >= 4 is 23.0 Å². The topological polar surface area (TPSA) is 145 Å². The third-order valence-corrected chi connectivity index (χ3v) is 4.22. The van der Waals surface area contributed by atoms with Crippen LogP contribution in [-0.4, -0.2) is 43.8 Å². The normalized spacial score (nSPS) is 10.9. The first-order valence-corrected chi connectivity index (χ1v) is 9.30. The van der Waals surface area contributed by atoms with E-state index in [1.807, 2.05) is 6.92 Å². The molecule has 10 heteroatoms. The molecule has 2 heterocycles. The molecule has 0 bridgehead atoms. The van der Waals surface area contributed by atoms with E-state index < -0.39 is 5.97 Å². The maximum absolute atomic E-state index is 12.3. The number of nitrogens with zero attached hydrogens (tertiary/aromatic N) is 3. The minimum atomic E-state index is -0.892. The zero-order valence-corrected chi connectivity index (χ0v) is 16.1. The summed E-state index contributed by atoms with van der Waals surface area (Å²) in [4.78, 5) is 34.0. The molecular formula is C19H23N5O5. The summed E-state index contributed by atoms with van der Waals surface area (Å²) in [7, 11) is 0. The van der Waals surface area contributed by atoms with Crippen molar-refractivity contribution in [3.05, 3.63) is 40.3 Å². The molecule has 0 atom stereocenters. The average molecular weight is 401 g/mol. The number of aliphatic carboxylic acids is 1. The third kappa shape index (κ3) is 5.03. The fraction of sp³-hybridized carbons (Fsp3) is 0.368. The van der Waals surface area contributed by atoms with Crippen LogP contribution < -0.4 is 20.9 Å². The standard InChI is InChI=1S/C19H23N5O5/c1-2-3-9-29-18-22-16(20)15-17(23-18)24(19(27)21-15)8-10-28-13-6-4-12(5-7-13)11-14(25)26/h4-7H,2-3,8-11H2,1H3,(H,21,27)(H,25,26)(H2,20,22,23). The third-order valence-electron chi connectivity index (χ3n) is 4.22. The number of benzene rings is 1. The van der Waals surface area contributed by atoms with Gasteiger partial charge in [0, 0.05) is 0 Å². The number of nitrogen functional groups attached to an aromatic ring is 1. The van der Waals surface area contributed by atoms with E-state index in [1.54, 1.807) is 24.3 Å². The Morgan fingerprint density at radius 2 is 1.97 bits per heavy atom. The van der Waals surface area contributed by atoms with E-state index in [9.17, 15) is 9.59 Å². The maximum atomic E-state index is 12.3. The van der Waals surface area contributed by atoms with Gasteiger partial charge in [0.1, 0.15) is 17.9 Å². The molecule has 2 aromatic heterocycles. The molecule has 0 unspecified atom stereocenters. The Hall–Kier alpha value is -3.56. The van der Waals surface area contributed by atoms with Gasteiger partial charge in [-0.05, 0) is 24.1 Å². The molecule has 0 saturated heterocycles. The van der Waals surface area contributed by atoms with Gasteiger partial charge in [-0.2, -0.15) is 9.97 Å². The van der Waals surface area contributed by atoms with Gasteiger partial charge in [-0.15, -0.1) is 0 Å². The lowest BCUT2D eigenvalue weighted by Crippen LogP contribution is -2.21. The number of imidazole rings is 1. The van der Waals surface area contributed by atoms with E-state index >= 15 is 0 Å². The number of hydrogen-bond acceptors (Lipinski definition) is 7. The fourth-order valence-corrected chi connectivity index (χ4v) is 2.74. The van der Waals surface area contributed by atoms with E-state index in [2.05, 4.69) is 15.0 Å². The average Bonchev–Trinajstić information content (AvgIpc) is 2.99. The van der Waals surface area contributed by atoms with Crippen LogP contribution in [0.3, 0.4) is 0 Å². The second kappa shape index (κ2) is 9.09. The first-order valence-electron chi connectivity index (χ1n) is 9.30. The van der Waals surface area contributed by atoms with Gasteiger partial charge in [-0.3, -0.25) is 9.36 Å². The minimum absolute atomic E-state index is 0.0468. The second-order valence-electron chi connectivity index (χ2n) is 6.44. The Balaban J connectivity index is 1.69. The van der Waals surface area contributed by atoms with E-state index in [-0.39, 0.29) is 37.1 Å². The van der Waals surface area contributed by atoms with Crippen molar-refractivity contribution in [2.24, 2.45) is 0 Å². The predicted molar refractivity (Wildman–Crippen MR) is 106 cm³/mol. The molecular weight excluding hydrogens is 378 g/mol. The molecule has 0 aliphatic carbocycles. The summed E-state index contributed by atoms with van der Waals surface area (Å²) in [6, 6.07) is 6.89. The van der Waals surface area contributed by atoms with Gasteiger partial charge in [0.05, 0.1) is 19.6 Å². The van der Waals surface area contributed by atoms with Crippen molar-refractivity contribution in [2.75, 3.05) is 18.9 Å². The molecule has 29 heavy (non-hydrogen) atoms. The second-order valence-corrected chi connectivity index (χ2v) is 6.44. The van der Waals surface area contributed by atoms with Gasteiger partial charge in [0.15, 0.2) is 11.5 Å². The number of hydrogen-bond donors (Lipinski definition) is 3. The van der Waals surface area contributed by atoms with Gasteiger partial charge in [0.25, 0.3) is 0 Å². The van der Waals surface area contributed by atoms with Crippen molar-refractivity contribution in [2.45, 2.75) is 32.7 Å². The van der Waals surface area contributed by atoms with Crippen LogP contribution in [0.5, 0.6) is 11.8 Å². The number of nitrogens with one attached hydrogen (secondary N) is 1. The number of H-pyrrole nitrogens is 1. The van der Waals surface area contributed by atoms with Gasteiger partial charge in [-0.25, -0.2) is 4.79 Å². The summed E-state index contributed by atoms with van der Waals surface area (Å²) >= 11 is 0. The lowest BCUT2D eigenvalue weighted by Gasteiger charge is -2.08. The predicted octanol–water partition coefficient (Wildman–Crippen LogP) is 1.59. The van der Waals surface area contributed by atoms with E-state index in [4.69, 9.17) is 20.3 Å². The van der Waals surface area contributed by atoms with Crippen molar-refractivity contribution in [1.29, 1.82) is 0 Å². The number of carboxylic acids is 1. The zero-order chi connectivity index (χ0) is 20.8. The first kappa shape index (κ1) is 20.2. The number of fused-ring (bicyclic) bond motifs is 1. The minimum Gasteiger partial charge on any atom is -0.492 e. The SMILES string of the molecule is CCCCOc1nc(N)c2[nH]c(=O)n(CCOc3ccc(CC(=O)O)cc3)c2n1. The van der Waals surface area contributed by atoms with Crippen LogP contribution >= 0.6 is 0 Å². The van der Waals surface area contributed by atoms with Gasteiger partial charge < -0.3 is 25.3 Å². The molecule has 3 rings (SSSR count). The number of aromatic nitrogens is 4. The number of carboxylic acid groups (broad SMARTS) is 1. The summed E-state index contributed by atoms with van der Waals surface area (Å²) in [6.07, 6.45) is 1.79. The number of unbranched alkanes of at least 4 members (excludes halogenated alkanes) is 1. The highest BCUT2D eigenvalue weighted by Crippen LogP contribution is 2.18. The number of ether oxygens (including phenoxy) is 2. The van der Waals surface area contributed by atoms with Crippen LogP contribution in [0.2, 0.25) is 0 Å². The number of carbonyl (C=O) groups is 1. The first-order chi connectivity index (χ1) is 14.0. The lowest BCUT2D eigenvalue weighted by atomic mass is 10.1. The highest BCUT2D eigenvalue weighted by atomic mass is 16.5. The van der Waals surface area contributed by atoms with Crippen LogP contribution in [-0.2, 0) is 17.8 Å². The highest BCUT2D eigenvalue weighted by molar-refractivity contribution is 5.81. The quantitative estimate of drug-likeness (QED) is 0.434. The van der Waals surface area contributed by atoms with Crippen LogP contribution in [0, 0.1) is 0 Å². The van der Waals surface area contributed by atoms with E-state index in [0.717, 1.165) is 12.8 Å². The summed E-state index contributed by atoms with van der Waals surface area (Å²) in [5.41, 5.74) is 6.95. The largest absolute Gasteiger partial charge is 0.492 e. The number of rotatable bonds is 10. The molecule has 10 nitrogen and oxygen atoms in total. The molecule has 0 amide bonds. The van der Waals surface area contributed by atoms with Crippen LogP contribution in [0.1, 0.15) is 25.3 Å². The molecule has 0 spiro atoms. The fourth-order valence-electron chi connectivity index (χ4n) is 2.74. The molecule has 0 fully saturated rings. The van der Waals surface area contributed by atoms with Gasteiger partial charge in [-0.1, -0.05) is 25.5 Å². The molecule has 154 valence electrons. The summed E-state index contributed by atoms with van der Waals surface area (Å²) < 4.78 is 12.6. The van der Waals surface area contributed by atoms with Gasteiger partial charge in [0.2, 0.25) is 0 Å². The van der Waals surface area contributed by atoms with E-state index in [1.165, 1.54) is 4.57 Å². The van der Waals surface area contributed by atoms with Crippen molar-refractivity contribution in [3.8, 4) is 11.8 Å². The molecule has 0 aliphatic rings. The Bertz CT molecular complexity index is 1040. The molecule has 3 aromatic rings. The summed E-state index contributed by atoms with van der Waals surface area (Å²) in [5, 5.41) is 8.80. The van der Waals surface area contributed by atoms with Crippen LogP contribution in [0.15, 0.2) is 29.1 Å². The molecule has 0 saturated carbocycles. The Morgan fingerprint density at radius 3 is 2.66 bits per heavy atom. The smallest absolute Gasteiger partial charge is 0.327 e. The van der Waals surface area contributed by atoms with E-state index in [0.29, 0.717) is 29.1 Å². The Labute approximate surface area is 166 Å². The molecule has 1 aromatic carbocycles. The molecule has 0 radical (unpaired) electrons. The lowest BCUT2D eigenvalue weighted by molar-refractivity contribution is -0.136. The number of nitrogens with two attached hydrogens (primary N) is 1. The Kier molecular flexibility index (Phi) is 6.32. The number of aromatic amines is 1. The monoisotopic (exact) mass is 401 g/mol. The molecule has 4 N–H and O–H groups in total. The Morgan fingerprint density at radius 1 is 1.21 bits per heavy atom. The maximum Gasteiger partial charge on any atom is 0.327 e. The van der Waals surface area contributed by atoms with Crippen molar-refractivity contribution in [3.63, 3.8) is 0 Å². The van der Waals surface area contributed by atoms with Crippen LogP contribution in [0.4, 0.5) is 5.82 Å².